The van der Waals surface area contributed by atoms with E-state index < -0.39 is 10.0 Å². The van der Waals surface area contributed by atoms with Crippen LogP contribution in [0.4, 0.5) is 0 Å². The maximum absolute atomic E-state index is 11.3. The van der Waals surface area contributed by atoms with Gasteiger partial charge in [-0.3, -0.25) is 4.90 Å². The third-order valence-corrected chi connectivity index (χ3v) is 5.89. The zero-order chi connectivity index (χ0) is 15.6. The summed E-state index contributed by atoms with van der Waals surface area (Å²) < 4.78 is 36.9. The van der Waals surface area contributed by atoms with Gasteiger partial charge in [-0.15, -0.1) is 0 Å². The molecule has 0 radical (unpaired) electrons. The highest BCUT2D eigenvalue weighted by molar-refractivity contribution is 7.88. The van der Waals surface area contributed by atoms with Crippen molar-refractivity contribution in [1.29, 1.82) is 0 Å². The molecular weight excluding hydrogens is 304 g/mol. The van der Waals surface area contributed by atoms with Gasteiger partial charge in [0.15, 0.2) is 0 Å². The second kappa shape index (κ2) is 6.73. The summed E-state index contributed by atoms with van der Waals surface area (Å²) >= 11 is 0. The molecule has 3 heterocycles. The zero-order valence-corrected chi connectivity index (χ0v) is 14.2. The van der Waals surface area contributed by atoms with E-state index in [9.17, 15) is 8.42 Å². The molecule has 0 saturated carbocycles. The minimum Gasteiger partial charge on any atom is -0.381 e. The molecule has 3 rings (SSSR count). The molecule has 3 saturated heterocycles. The molecule has 0 amide bonds. The SMILES string of the molecule is CS(=O)(=O)NC[C@H]1CCC[C@]2(CCN(C3CCOCC3)C2)O1. The maximum atomic E-state index is 11.3. The Morgan fingerprint density at radius 2 is 2.00 bits per heavy atom. The van der Waals surface area contributed by atoms with Crippen molar-refractivity contribution in [2.75, 3.05) is 39.1 Å². The Bertz CT molecular complexity index is 478. The van der Waals surface area contributed by atoms with Gasteiger partial charge in [-0.2, -0.15) is 0 Å². The average Bonchev–Trinajstić information content (AvgIpc) is 2.89. The number of nitrogens with one attached hydrogen (secondary N) is 1. The minimum atomic E-state index is -3.14. The summed E-state index contributed by atoms with van der Waals surface area (Å²) in [6, 6.07) is 0.631. The number of hydrogen-bond acceptors (Lipinski definition) is 5. The van der Waals surface area contributed by atoms with Crippen molar-refractivity contribution in [1.82, 2.24) is 9.62 Å². The van der Waals surface area contributed by atoms with Gasteiger partial charge in [0.2, 0.25) is 10.0 Å². The lowest BCUT2D eigenvalue weighted by molar-refractivity contribution is -0.120. The normalized spacial score (nSPS) is 35.2. The highest BCUT2D eigenvalue weighted by Crippen LogP contribution is 2.38. The van der Waals surface area contributed by atoms with Gasteiger partial charge in [0.25, 0.3) is 0 Å². The number of ether oxygens (including phenoxy) is 2. The van der Waals surface area contributed by atoms with E-state index in [1.54, 1.807) is 0 Å². The first kappa shape index (κ1) is 16.6. The second-order valence-electron chi connectivity index (χ2n) is 7.00. The first-order valence-corrected chi connectivity index (χ1v) is 10.3. The molecule has 3 fully saturated rings. The highest BCUT2D eigenvalue weighted by Gasteiger charge is 2.44. The van der Waals surface area contributed by atoms with E-state index in [2.05, 4.69) is 9.62 Å². The van der Waals surface area contributed by atoms with Crippen molar-refractivity contribution < 1.29 is 17.9 Å². The van der Waals surface area contributed by atoms with Gasteiger partial charge in [-0.1, -0.05) is 0 Å². The lowest BCUT2D eigenvalue weighted by Gasteiger charge is -2.40. The summed E-state index contributed by atoms with van der Waals surface area (Å²) in [6.45, 7) is 4.23. The van der Waals surface area contributed by atoms with Crippen molar-refractivity contribution in [3.05, 3.63) is 0 Å². The Labute approximate surface area is 133 Å². The Balaban J connectivity index is 1.54. The summed E-state index contributed by atoms with van der Waals surface area (Å²) in [5.74, 6) is 0. The van der Waals surface area contributed by atoms with Crippen LogP contribution in [0.3, 0.4) is 0 Å². The van der Waals surface area contributed by atoms with Crippen molar-refractivity contribution in [3.8, 4) is 0 Å². The molecule has 0 bridgehead atoms. The lowest BCUT2D eigenvalue weighted by atomic mass is 9.90. The first-order valence-electron chi connectivity index (χ1n) is 8.40. The fourth-order valence-electron chi connectivity index (χ4n) is 4.05. The monoisotopic (exact) mass is 332 g/mol. The van der Waals surface area contributed by atoms with E-state index in [1.807, 2.05) is 0 Å². The second-order valence-corrected chi connectivity index (χ2v) is 8.83. The van der Waals surface area contributed by atoms with Crippen LogP contribution in [0.25, 0.3) is 0 Å². The molecule has 0 aromatic rings. The Hall–Kier alpha value is -0.210. The average molecular weight is 332 g/mol. The highest BCUT2D eigenvalue weighted by atomic mass is 32.2. The van der Waals surface area contributed by atoms with E-state index in [1.165, 1.54) is 6.26 Å². The summed E-state index contributed by atoms with van der Waals surface area (Å²) in [6.07, 6.45) is 7.69. The van der Waals surface area contributed by atoms with E-state index in [4.69, 9.17) is 9.47 Å². The molecule has 0 aliphatic carbocycles. The van der Waals surface area contributed by atoms with Crippen LogP contribution in [-0.4, -0.2) is 70.2 Å². The van der Waals surface area contributed by atoms with Crippen LogP contribution in [0.15, 0.2) is 0 Å². The Kier molecular flexibility index (Phi) is 5.09. The lowest BCUT2D eigenvalue weighted by Crippen LogP contribution is -2.48. The fourth-order valence-corrected chi connectivity index (χ4v) is 4.54. The predicted molar refractivity (Wildman–Crippen MR) is 84.3 cm³/mol. The smallest absolute Gasteiger partial charge is 0.208 e. The summed E-state index contributed by atoms with van der Waals surface area (Å²) in [7, 11) is -3.14. The summed E-state index contributed by atoms with van der Waals surface area (Å²) in [5, 5.41) is 0. The molecule has 1 spiro atoms. The molecule has 0 aromatic carbocycles. The molecule has 3 aliphatic rings. The van der Waals surface area contributed by atoms with Gasteiger partial charge < -0.3 is 9.47 Å². The Morgan fingerprint density at radius 3 is 2.73 bits per heavy atom. The summed E-state index contributed by atoms with van der Waals surface area (Å²) in [5.41, 5.74) is -0.0552. The molecule has 22 heavy (non-hydrogen) atoms. The van der Waals surface area contributed by atoms with Crippen LogP contribution in [0.2, 0.25) is 0 Å². The van der Waals surface area contributed by atoms with Crippen molar-refractivity contribution in [3.63, 3.8) is 0 Å². The van der Waals surface area contributed by atoms with Crippen molar-refractivity contribution in [2.24, 2.45) is 0 Å². The van der Waals surface area contributed by atoms with Gasteiger partial charge in [0, 0.05) is 38.9 Å². The molecule has 2 atom stereocenters. The zero-order valence-electron chi connectivity index (χ0n) is 13.4. The molecule has 6 nitrogen and oxygen atoms in total. The van der Waals surface area contributed by atoms with Crippen LogP contribution in [0.1, 0.15) is 38.5 Å². The largest absolute Gasteiger partial charge is 0.381 e. The van der Waals surface area contributed by atoms with Gasteiger partial charge in [-0.25, -0.2) is 13.1 Å². The van der Waals surface area contributed by atoms with E-state index in [-0.39, 0.29) is 11.7 Å². The number of rotatable bonds is 4. The van der Waals surface area contributed by atoms with Crippen LogP contribution < -0.4 is 4.72 Å². The molecule has 1 N–H and O–H groups in total. The topological polar surface area (TPSA) is 67.9 Å². The van der Waals surface area contributed by atoms with E-state index in [0.29, 0.717) is 12.6 Å². The molecule has 128 valence electrons. The Morgan fingerprint density at radius 1 is 1.23 bits per heavy atom. The van der Waals surface area contributed by atoms with Crippen LogP contribution in [0, 0.1) is 0 Å². The molecule has 7 heteroatoms. The fraction of sp³-hybridized carbons (Fsp3) is 1.00. The van der Waals surface area contributed by atoms with Crippen molar-refractivity contribution >= 4 is 10.0 Å². The van der Waals surface area contributed by atoms with E-state index in [0.717, 1.165) is 64.8 Å². The van der Waals surface area contributed by atoms with Crippen molar-refractivity contribution in [2.45, 2.75) is 56.3 Å². The summed E-state index contributed by atoms with van der Waals surface area (Å²) in [4.78, 5) is 2.56. The minimum absolute atomic E-state index is 0.0121. The van der Waals surface area contributed by atoms with Crippen LogP contribution >= 0.6 is 0 Å². The van der Waals surface area contributed by atoms with Gasteiger partial charge in [0.1, 0.15) is 0 Å². The van der Waals surface area contributed by atoms with Crippen LogP contribution in [-0.2, 0) is 19.5 Å². The van der Waals surface area contributed by atoms with Gasteiger partial charge in [0.05, 0.1) is 18.0 Å². The predicted octanol–water partition coefficient (Wildman–Crippen LogP) is 0.728. The van der Waals surface area contributed by atoms with Crippen LogP contribution in [0.5, 0.6) is 0 Å². The standard InChI is InChI=1S/C15H28N2O4S/c1-22(18,19)16-11-14-3-2-6-15(21-14)7-8-17(12-15)13-4-9-20-10-5-13/h13-14,16H,2-12H2,1H3/t14-,15-/m1/s1. The molecule has 0 unspecified atom stereocenters. The quantitative estimate of drug-likeness (QED) is 0.822. The molecule has 3 aliphatic heterocycles. The van der Waals surface area contributed by atoms with Gasteiger partial charge >= 0.3 is 0 Å². The number of nitrogens with zero attached hydrogens (tertiary/aromatic N) is 1. The number of sulfonamides is 1. The molecule has 0 aromatic heterocycles. The third kappa shape index (κ3) is 4.20. The third-order valence-electron chi connectivity index (χ3n) is 5.20. The van der Waals surface area contributed by atoms with E-state index >= 15 is 0 Å². The number of likely N-dealkylation sites (tertiary alicyclic amines) is 1. The van der Waals surface area contributed by atoms with Gasteiger partial charge in [-0.05, 0) is 38.5 Å². The number of hydrogen-bond donors (Lipinski definition) is 1. The first-order chi connectivity index (χ1) is 10.5. The maximum Gasteiger partial charge on any atom is 0.208 e. The molecular formula is C15H28N2O4S.